The molecule has 2 heteroatoms. The summed E-state index contributed by atoms with van der Waals surface area (Å²) < 4.78 is 0. The Balaban J connectivity index is 2.09. The van der Waals surface area contributed by atoms with E-state index in [2.05, 4.69) is 39.8 Å². The van der Waals surface area contributed by atoms with Crippen molar-refractivity contribution in [2.75, 3.05) is 13.1 Å². The zero-order chi connectivity index (χ0) is 14.8. The van der Waals surface area contributed by atoms with Gasteiger partial charge in [0.25, 0.3) is 0 Å². The topological polar surface area (TPSA) is 24.7 Å². The third kappa shape index (κ3) is 3.24. The Kier molecular flexibility index (Phi) is 4.87. The van der Waals surface area contributed by atoms with E-state index in [1.807, 2.05) is 18.2 Å². The summed E-state index contributed by atoms with van der Waals surface area (Å²) in [5.41, 5.74) is 0.435. The van der Waals surface area contributed by atoms with Gasteiger partial charge in [0.2, 0.25) is 0 Å². The minimum absolute atomic E-state index is 0.309. The van der Waals surface area contributed by atoms with Crippen molar-refractivity contribution in [1.29, 1.82) is 0 Å². The fourth-order valence-corrected chi connectivity index (χ4v) is 3.53. The number of likely N-dealkylation sites (tertiary alicyclic amines) is 1. The number of aliphatic hydroxyl groups is 1. The van der Waals surface area contributed by atoms with Gasteiger partial charge in [-0.1, -0.05) is 51.1 Å². The van der Waals surface area contributed by atoms with Crippen molar-refractivity contribution < 1.29 is 10.0 Å². The molecular formula is C18H30NO+. The Hall–Kier alpha value is -0.860. The van der Waals surface area contributed by atoms with E-state index in [-0.39, 0.29) is 0 Å². The van der Waals surface area contributed by atoms with Crippen molar-refractivity contribution in [2.24, 2.45) is 11.8 Å². The quantitative estimate of drug-likeness (QED) is 0.866. The minimum atomic E-state index is -0.651. The summed E-state index contributed by atoms with van der Waals surface area (Å²) in [4.78, 5) is 1.66. The normalized spacial score (nSPS) is 34.4. The largest absolute Gasteiger partial charge is 0.384 e. The first-order valence-corrected chi connectivity index (χ1v) is 8.06. The van der Waals surface area contributed by atoms with Crippen molar-refractivity contribution in [3.05, 3.63) is 35.9 Å². The number of rotatable bonds is 4. The first-order valence-electron chi connectivity index (χ1n) is 8.06. The summed E-state index contributed by atoms with van der Waals surface area (Å²) in [7, 11) is 0. The molecule has 1 aliphatic heterocycles. The van der Waals surface area contributed by atoms with Crippen LogP contribution in [-0.4, -0.2) is 24.2 Å². The molecule has 0 saturated carbocycles. The SMILES string of the molecule is CC(C)CC[NH+]1C[C@@H](C)[C@@](O)(c2ccccc2)C[C@@H]1C. The standard InChI is InChI=1S/C18H29NO/c1-14(2)10-11-19-13-15(3)18(20,12-16(19)4)17-8-6-5-7-9-17/h5-9,14-16,20H,10-13H2,1-4H3/p+1/t15-,16+,18-/m1/s1. The second-order valence-corrected chi connectivity index (χ2v) is 7.09. The molecule has 1 fully saturated rings. The first kappa shape index (κ1) is 15.5. The van der Waals surface area contributed by atoms with Gasteiger partial charge < -0.3 is 10.0 Å². The maximum absolute atomic E-state index is 11.2. The number of nitrogens with one attached hydrogen (secondary N) is 1. The van der Waals surface area contributed by atoms with Crippen LogP contribution in [0.2, 0.25) is 0 Å². The number of hydrogen-bond donors (Lipinski definition) is 2. The van der Waals surface area contributed by atoms with E-state index in [0.717, 1.165) is 24.4 Å². The highest BCUT2D eigenvalue weighted by Gasteiger charge is 2.45. The molecule has 2 nitrogen and oxygen atoms in total. The van der Waals surface area contributed by atoms with E-state index in [0.29, 0.717) is 12.0 Å². The van der Waals surface area contributed by atoms with Crippen molar-refractivity contribution in [2.45, 2.75) is 52.2 Å². The fraction of sp³-hybridized carbons (Fsp3) is 0.667. The van der Waals surface area contributed by atoms with Crippen LogP contribution in [0.5, 0.6) is 0 Å². The predicted octanol–water partition coefficient (Wildman–Crippen LogP) is 2.23. The number of benzene rings is 1. The minimum Gasteiger partial charge on any atom is -0.384 e. The summed E-state index contributed by atoms with van der Waals surface area (Å²) >= 11 is 0. The van der Waals surface area contributed by atoms with E-state index in [9.17, 15) is 5.11 Å². The van der Waals surface area contributed by atoms with Gasteiger partial charge in [0, 0.05) is 12.3 Å². The molecule has 20 heavy (non-hydrogen) atoms. The Bertz CT molecular complexity index is 417. The molecule has 0 aliphatic carbocycles. The van der Waals surface area contributed by atoms with Crippen molar-refractivity contribution in [3.63, 3.8) is 0 Å². The average molecular weight is 276 g/mol. The maximum Gasteiger partial charge on any atom is 0.103 e. The van der Waals surface area contributed by atoms with Gasteiger partial charge in [-0.25, -0.2) is 0 Å². The highest BCUT2D eigenvalue weighted by atomic mass is 16.3. The van der Waals surface area contributed by atoms with Crippen molar-refractivity contribution >= 4 is 0 Å². The smallest absolute Gasteiger partial charge is 0.103 e. The van der Waals surface area contributed by atoms with E-state index < -0.39 is 5.60 Å². The molecule has 112 valence electrons. The van der Waals surface area contributed by atoms with E-state index >= 15 is 0 Å². The van der Waals surface area contributed by atoms with Gasteiger partial charge in [0.1, 0.15) is 5.60 Å². The number of piperidine rings is 1. The molecule has 0 spiro atoms. The van der Waals surface area contributed by atoms with Gasteiger partial charge in [-0.2, -0.15) is 0 Å². The summed E-state index contributed by atoms with van der Waals surface area (Å²) in [6.45, 7) is 11.4. The van der Waals surface area contributed by atoms with Crippen molar-refractivity contribution in [3.8, 4) is 0 Å². The number of quaternary nitrogens is 1. The molecule has 0 aromatic heterocycles. The lowest BCUT2D eigenvalue weighted by Gasteiger charge is -2.45. The van der Waals surface area contributed by atoms with Crippen LogP contribution in [0, 0.1) is 11.8 Å². The molecule has 1 saturated heterocycles. The maximum atomic E-state index is 11.2. The number of hydrogen-bond acceptors (Lipinski definition) is 1. The Morgan fingerprint density at radius 1 is 1.25 bits per heavy atom. The van der Waals surface area contributed by atoms with Gasteiger partial charge in [-0.15, -0.1) is 0 Å². The van der Waals surface area contributed by atoms with Gasteiger partial charge >= 0.3 is 0 Å². The molecule has 0 bridgehead atoms. The van der Waals surface area contributed by atoms with Crippen LogP contribution in [0.4, 0.5) is 0 Å². The lowest BCUT2D eigenvalue weighted by molar-refractivity contribution is -0.936. The van der Waals surface area contributed by atoms with Crippen LogP contribution in [0.15, 0.2) is 30.3 Å². The monoisotopic (exact) mass is 276 g/mol. The Morgan fingerprint density at radius 2 is 1.90 bits per heavy atom. The van der Waals surface area contributed by atoms with Crippen LogP contribution in [-0.2, 0) is 5.60 Å². The summed E-state index contributed by atoms with van der Waals surface area (Å²) in [6.07, 6.45) is 2.14. The summed E-state index contributed by atoms with van der Waals surface area (Å²) in [5, 5.41) is 11.2. The molecule has 1 aromatic rings. The zero-order valence-electron chi connectivity index (χ0n) is 13.4. The molecule has 2 rings (SSSR count). The Morgan fingerprint density at radius 3 is 2.50 bits per heavy atom. The fourth-order valence-electron chi connectivity index (χ4n) is 3.53. The lowest BCUT2D eigenvalue weighted by atomic mass is 9.74. The second kappa shape index (κ2) is 6.28. The molecule has 1 aromatic carbocycles. The molecule has 4 atom stereocenters. The Labute approximate surface area is 123 Å². The van der Waals surface area contributed by atoms with Gasteiger partial charge in [0.05, 0.1) is 19.1 Å². The highest BCUT2D eigenvalue weighted by molar-refractivity contribution is 5.23. The van der Waals surface area contributed by atoms with Crippen LogP contribution in [0.1, 0.15) is 46.1 Å². The average Bonchev–Trinajstić information content (AvgIpc) is 2.42. The highest BCUT2D eigenvalue weighted by Crippen LogP contribution is 2.35. The van der Waals surface area contributed by atoms with Gasteiger partial charge in [0.15, 0.2) is 0 Å². The molecule has 1 heterocycles. The van der Waals surface area contributed by atoms with Crippen LogP contribution in [0.3, 0.4) is 0 Å². The van der Waals surface area contributed by atoms with Crippen LogP contribution in [0.25, 0.3) is 0 Å². The van der Waals surface area contributed by atoms with Crippen molar-refractivity contribution in [1.82, 2.24) is 0 Å². The first-order chi connectivity index (χ1) is 9.43. The third-order valence-electron chi connectivity index (χ3n) is 5.01. The predicted molar refractivity (Wildman–Crippen MR) is 83.7 cm³/mol. The summed E-state index contributed by atoms with van der Waals surface area (Å²) in [5.74, 6) is 1.07. The molecule has 1 aliphatic rings. The lowest BCUT2D eigenvalue weighted by Crippen LogP contribution is -3.17. The molecular weight excluding hydrogens is 246 g/mol. The van der Waals surface area contributed by atoms with Crippen LogP contribution < -0.4 is 4.90 Å². The van der Waals surface area contributed by atoms with Gasteiger partial charge in [-0.3, -0.25) is 0 Å². The molecule has 0 radical (unpaired) electrons. The third-order valence-corrected chi connectivity index (χ3v) is 5.01. The molecule has 2 N–H and O–H groups in total. The molecule has 0 amide bonds. The van der Waals surface area contributed by atoms with E-state index in [1.54, 1.807) is 4.90 Å². The van der Waals surface area contributed by atoms with E-state index in [4.69, 9.17) is 0 Å². The second-order valence-electron chi connectivity index (χ2n) is 7.09. The summed E-state index contributed by atoms with van der Waals surface area (Å²) in [6, 6.07) is 10.7. The zero-order valence-corrected chi connectivity index (χ0v) is 13.4. The van der Waals surface area contributed by atoms with Gasteiger partial charge in [-0.05, 0) is 24.8 Å². The van der Waals surface area contributed by atoms with Crippen LogP contribution >= 0.6 is 0 Å². The van der Waals surface area contributed by atoms with E-state index in [1.165, 1.54) is 13.0 Å². The molecule has 1 unspecified atom stereocenters.